The van der Waals surface area contributed by atoms with E-state index < -0.39 is 84.3 Å². The van der Waals surface area contributed by atoms with Crippen LogP contribution in [0.1, 0.15) is 81.8 Å². The van der Waals surface area contributed by atoms with Crippen LogP contribution in [0.3, 0.4) is 0 Å². The normalized spacial score (nSPS) is 22.7. The Bertz CT molecular complexity index is 2750. The van der Waals surface area contributed by atoms with Crippen molar-refractivity contribution in [2.75, 3.05) is 32.8 Å². The van der Waals surface area contributed by atoms with Gasteiger partial charge in [0.2, 0.25) is 6.29 Å². The first-order valence-electron chi connectivity index (χ1n) is 29.7. The molecule has 2 heterocycles. The van der Waals surface area contributed by atoms with Gasteiger partial charge in [0.15, 0.2) is 14.6 Å². The molecule has 0 aliphatic carbocycles. The summed E-state index contributed by atoms with van der Waals surface area (Å²) in [6, 6.07) is 58.5. The fourth-order valence-electron chi connectivity index (χ4n) is 9.58. The van der Waals surface area contributed by atoms with Crippen molar-refractivity contribution in [2.45, 2.75) is 168 Å². The van der Waals surface area contributed by atoms with Gasteiger partial charge in [0.1, 0.15) is 48.8 Å². The molecule has 8 rings (SSSR count). The molecule has 86 heavy (non-hydrogen) atoms. The summed E-state index contributed by atoms with van der Waals surface area (Å²) in [6.45, 7) is 23.5. The fraction of sp³-hybridized carbons (Fsp3) is 0.456. The van der Waals surface area contributed by atoms with Crippen LogP contribution in [0.15, 0.2) is 182 Å². The molecule has 2 aliphatic rings. The van der Waals surface area contributed by atoms with Gasteiger partial charge in [0.25, 0.3) is 0 Å². The maximum atomic E-state index is 12.9. The van der Waals surface area contributed by atoms with E-state index in [2.05, 4.69) is 59.5 Å². The maximum Gasteiger partial charge on any atom is 0.332 e. The minimum Gasteiger partial charge on any atom is -0.433 e. The van der Waals surface area contributed by atoms with E-state index in [4.69, 9.17) is 56.1 Å². The third kappa shape index (κ3) is 22.2. The Hall–Kier alpha value is -5.02. The van der Waals surface area contributed by atoms with Crippen molar-refractivity contribution in [1.29, 1.82) is 0 Å². The van der Waals surface area contributed by atoms with Crippen molar-refractivity contribution >= 4 is 31.3 Å². The number of carbonyl (C=O) groups excluding carboxylic acids is 1. The Morgan fingerprint density at radius 3 is 1.13 bits per heavy atom. The van der Waals surface area contributed by atoms with Crippen LogP contribution in [-0.2, 0) is 101 Å². The number of hydrogen-bond acceptors (Lipinski definition) is 15. The first kappa shape index (κ1) is 70.1. The van der Waals surface area contributed by atoms with Gasteiger partial charge in [0, 0.05) is 15.3 Å². The lowest BCUT2D eigenvalue weighted by molar-refractivity contribution is -0.314. The molecular weight excluding hydrogens is 1120 g/mol. The van der Waals surface area contributed by atoms with E-state index >= 15 is 0 Å². The lowest BCUT2D eigenvalue weighted by atomic mass is 9.98. The van der Waals surface area contributed by atoms with Gasteiger partial charge in [-0.2, -0.15) is 0 Å². The minimum absolute atomic E-state index is 0. The molecule has 3 radical (unpaired) electrons. The molecule has 15 nitrogen and oxygen atoms in total. The molecule has 0 saturated carbocycles. The summed E-state index contributed by atoms with van der Waals surface area (Å²) in [5.74, 6) is -0.593. The highest BCUT2D eigenvalue weighted by Crippen LogP contribution is 2.46. The van der Waals surface area contributed by atoms with Crippen LogP contribution in [0.2, 0.25) is 18.1 Å². The van der Waals surface area contributed by atoms with Gasteiger partial charge < -0.3 is 61.4 Å². The number of rotatable bonds is 30. The second kappa shape index (κ2) is 36.5. The van der Waals surface area contributed by atoms with E-state index in [1.807, 2.05) is 182 Å². The topological polar surface area (TPSA) is 151 Å². The average Bonchev–Trinajstić information content (AvgIpc) is 0.975. The third-order valence-corrected chi connectivity index (χ3v) is 20.7. The molecule has 18 heteroatoms. The number of esters is 1. The Labute approximate surface area is 515 Å². The number of hydrogen-bond donors (Lipinski definition) is 1. The molecule has 2 unspecified atom stereocenters. The lowest BCUT2D eigenvalue weighted by Gasteiger charge is -2.50. The highest BCUT2D eigenvalue weighted by atomic mass is 31.2. The predicted octanol–water partition coefficient (Wildman–Crippen LogP) is 12.8. The number of benzene rings is 6. The zero-order valence-corrected chi connectivity index (χ0v) is 53.5. The van der Waals surface area contributed by atoms with E-state index in [1.54, 1.807) is 0 Å². The quantitative estimate of drug-likeness (QED) is 0.0258. The van der Waals surface area contributed by atoms with Crippen molar-refractivity contribution in [3.63, 3.8) is 0 Å². The zero-order chi connectivity index (χ0) is 60.4. The van der Waals surface area contributed by atoms with E-state index in [0.29, 0.717) is 6.61 Å². The summed E-state index contributed by atoms with van der Waals surface area (Å²) in [4.78, 5) is 27.8. The van der Waals surface area contributed by atoms with Gasteiger partial charge in [-0.25, -0.2) is 0 Å². The van der Waals surface area contributed by atoms with Crippen molar-refractivity contribution < 1.29 is 65.8 Å². The summed E-state index contributed by atoms with van der Waals surface area (Å²) in [7, 11) is -5.49. The maximum absolute atomic E-state index is 12.9. The molecule has 0 bridgehead atoms. The van der Waals surface area contributed by atoms with E-state index in [-0.39, 0.29) is 59.7 Å². The molecule has 0 amide bonds. The van der Waals surface area contributed by atoms with Crippen molar-refractivity contribution in [1.82, 2.24) is 4.90 Å². The van der Waals surface area contributed by atoms with Gasteiger partial charge in [-0.05, 0) is 71.1 Å². The van der Waals surface area contributed by atoms with Gasteiger partial charge in [-0.1, -0.05) is 224 Å². The SMILES string of the molecule is CC(=O)OC1O[C@H](COCc2ccccc2)[C@@H](OP(O)O[C@H]2O[C@H](COCc3ccccc3)[C@@H](O[Si](C)(C)C(C)(C)C)[C@H](OCc3ccccc3)[C@H]2OCc2ccccc2)[C@H](OCc2ccccc2)[C@H]1OCc1ccccc1.CCN(CC)CC.[B]. The summed E-state index contributed by atoms with van der Waals surface area (Å²) in [6.07, 6.45) is -10.2. The van der Waals surface area contributed by atoms with Crippen molar-refractivity contribution in [3.8, 4) is 0 Å². The summed E-state index contributed by atoms with van der Waals surface area (Å²) in [5.41, 5.74) is 5.47. The molecular formula is C68H90BNO14PSi. The minimum atomic E-state index is -2.91. The molecule has 463 valence electrons. The largest absolute Gasteiger partial charge is 0.433 e. The van der Waals surface area contributed by atoms with Crippen LogP contribution < -0.4 is 0 Å². The van der Waals surface area contributed by atoms with Gasteiger partial charge in [-0.3, -0.25) is 9.32 Å². The van der Waals surface area contributed by atoms with Crippen LogP contribution in [0, 0.1) is 0 Å². The highest BCUT2D eigenvalue weighted by Gasteiger charge is 2.55. The Morgan fingerprint density at radius 1 is 0.477 bits per heavy atom. The van der Waals surface area contributed by atoms with E-state index in [9.17, 15) is 9.69 Å². The molecule has 0 aromatic heterocycles. The Balaban J connectivity index is 0.00000139. The van der Waals surface area contributed by atoms with E-state index in [0.717, 1.165) is 33.4 Å². The molecule has 6 aromatic rings. The number of ether oxygens (including phenoxy) is 9. The van der Waals surface area contributed by atoms with Crippen LogP contribution in [0.5, 0.6) is 0 Å². The monoisotopic (exact) mass is 1210 g/mol. The van der Waals surface area contributed by atoms with Crippen molar-refractivity contribution in [3.05, 3.63) is 215 Å². The zero-order valence-electron chi connectivity index (χ0n) is 51.6. The Morgan fingerprint density at radius 2 is 0.791 bits per heavy atom. The van der Waals surface area contributed by atoms with Crippen LogP contribution in [0.4, 0.5) is 0 Å². The molecule has 2 aliphatic heterocycles. The van der Waals surface area contributed by atoms with Gasteiger partial charge in [0.05, 0.1) is 52.9 Å². The highest BCUT2D eigenvalue weighted by molar-refractivity contribution is 7.40. The van der Waals surface area contributed by atoms with Crippen LogP contribution in [0.25, 0.3) is 0 Å². The molecule has 0 spiro atoms. The number of carbonyl (C=O) groups is 1. The molecule has 1 N–H and O–H groups in total. The van der Waals surface area contributed by atoms with Crippen molar-refractivity contribution in [2.24, 2.45) is 0 Å². The third-order valence-electron chi connectivity index (χ3n) is 15.4. The summed E-state index contributed by atoms with van der Waals surface area (Å²) in [5, 5.41) is -0.201. The smallest absolute Gasteiger partial charge is 0.332 e. The summed E-state index contributed by atoms with van der Waals surface area (Å²) >= 11 is 0. The Kier molecular flexibility index (Phi) is 29.7. The van der Waals surface area contributed by atoms with Gasteiger partial charge in [-0.15, -0.1) is 0 Å². The summed E-state index contributed by atoms with van der Waals surface area (Å²) < 4.78 is 80.6. The number of nitrogens with zero attached hydrogens (tertiary/aromatic N) is 1. The second-order valence-electron chi connectivity index (χ2n) is 22.6. The second-order valence-corrected chi connectivity index (χ2v) is 28.3. The van der Waals surface area contributed by atoms with E-state index in [1.165, 1.54) is 26.6 Å². The molecule has 2 fully saturated rings. The van der Waals surface area contributed by atoms with Crippen LogP contribution >= 0.6 is 8.60 Å². The lowest BCUT2D eigenvalue weighted by Crippen LogP contribution is -2.64. The molecule has 6 aromatic carbocycles. The first-order valence-corrected chi connectivity index (χ1v) is 33.7. The van der Waals surface area contributed by atoms with Crippen LogP contribution in [-0.4, -0.2) is 127 Å². The standard InChI is InChI=1S/C62H75O14PSi.C6H15N.B/c1-45(63)71-60-58(69-41-50-33-21-11-22-34-50)56(67-39-48-29-17-9-18-30-48)54(52(72-60)43-65-37-46-25-13-7-14-26-46)74-77(64)75-61-59(70-42-51-35-23-12-24-36-51)57(68-40-49-31-19-10-20-32-49)55(76-78(5,6)62(2,3)4)53(73-61)44-66-38-47-27-15-8-16-28-47;1-4-7(5-2)6-3;/h7-36,52-61,64H,37-44H2,1-6H3;4-6H2,1-3H3;/t52-,53-,54-,55-,56+,57+,58-,59-,60?,61-,77?;;/m1../s1. The first-order chi connectivity index (χ1) is 41.1. The average molecular weight is 1220 g/mol. The molecule has 2 saturated heterocycles. The molecule has 11 atom stereocenters. The predicted molar refractivity (Wildman–Crippen MR) is 338 cm³/mol. The fourth-order valence-corrected chi connectivity index (χ4v) is 11.8. The van der Waals surface area contributed by atoms with Gasteiger partial charge >= 0.3 is 14.6 Å².